The largest absolute Gasteiger partial charge is 0.497 e. The first-order valence-electron chi connectivity index (χ1n) is 8.68. The highest BCUT2D eigenvalue weighted by molar-refractivity contribution is 5.85. The summed E-state index contributed by atoms with van der Waals surface area (Å²) in [6, 6.07) is 21.9. The third kappa shape index (κ3) is 3.04. The van der Waals surface area contributed by atoms with Gasteiger partial charge in [-0.2, -0.15) is 0 Å². The molecule has 0 radical (unpaired) electrons. The number of hydrogen-bond acceptors (Lipinski definition) is 3. The summed E-state index contributed by atoms with van der Waals surface area (Å²) in [4.78, 5) is 12.4. The average molecular weight is 347 g/mol. The lowest BCUT2D eigenvalue weighted by molar-refractivity contribution is -0.164. The van der Waals surface area contributed by atoms with Gasteiger partial charge in [-0.05, 0) is 41.5 Å². The fourth-order valence-electron chi connectivity index (χ4n) is 3.46. The molecular formula is C22H21NO3. The van der Waals surface area contributed by atoms with Crippen molar-refractivity contribution in [3.05, 3.63) is 77.9 Å². The first kappa shape index (κ1) is 16.6. The molecule has 26 heavy (non-hydrogen) atoms. The van der Waals surface area contributed by atoms with Gasteiger partial charge in [0.1, 0.15) is 11.4 Å². The van der Waals surface area contributed by atoms with Crippen LogP contribution in [0.3, 0.4) is 0 Å². The Balaban J connectivity index is 1.70. The Bertz CT molecular complexity index is 954. The molecule has 1 saturated heterocycles. The Morgan fingerprint density at radius 2 is 1.77 bits per heavy atom. The highest BCUT2D eigenvalue weighted by Gasteiger charge is 2.39. The number of fused-ring (bicyclic) bond motifs is 1. The van der Waals surface area contributed by atoms with Crippen LogP contribution in [0.4, 0.5) is 0 Å². The number of benzene rings is 3. The van der Waals surface area contributed by atoms with Crippen LogP contribution in [0.2, 0.25) is 0 Å². The predicted molar refractivity (Wildman–Crippen MR) is 101 cm³/mol. The van der Waals surface area contributed by atoms with E-state index in [1.54, 1.807) is 7.11 Å². The van der Waals surface area contributed by atoms with E-state index in [0.717, 1.165) is 27.6 Å². The maximum absolute atomic E-state index is 12.4. The standard InChI is InChI=1S/C22H21NO3/c1-22(14-20(24)23-21(26-22)15-6-4-3-5-7-15)18-10-8-17-13-19(25-2)11-9-16(17)12-18/h3-13,21H,14H2,1-2H3,(H,23,24)/t21-,22?/m0/s1. The average Bonchev–Trinajstić information content (AvgIpc) is 2.67. The van der Waals surface area contributed by atoms with Crippen molar-refractivity contribution in [3.63, 3.8) is 0 Å². The lowest BCUT2D eigenvalue weighted by atomic mass is 9.88. The SMILES string of the molecule is COc1ccc2cc(C3(C)CC(=O)N[C@H](c4ccccc4)O3)ccc2c1. The van der Waals surface area contributed by atoms with Crippen LogP contribution in [0, 0.1) is 0 Å². The summed E-state index contributed by atoms with van der Waals surface area (Å²) in [5.74, 6) is 0.816. The molecule has 0 saturated carbocycles. The first-order valence-corrected chi connectivity index (χ1v) is 8.68. The molecule has 1 heterocycles. The third-order valence-corrected chi connectivity index (χ3v) is 4.93. The molecule has 132 valence electrons. The van der Waals surface area contributed by atoms with Crippen molar-refractivity contribution in [1.82, 2.24) is 5.32 Å². The van der Waals surface area contributed by atoms with Gasteiger partial charge in [-0.25, -0.2) is 0 Å². The number of rotatable bonds is 3. The fourth-order valence-corrected chi connectivity index (χ4v) is 3.46. The van der Waals surface area contributed by atoms with Gasteiger partial charge in [0.25, 0.3) is 0 Å². The van der Waals surface area contributed by atoms with E-state index in [1.807, 2.05) is 67.6 Å². The third-order valence-electron chi connectivity index (χ3n) is 4.93. The minimum atomic E-state index is -0.684. The lowest BCUT2D eigenvalue weighted by Crippen LogP contribution is -2.46. The smallest absolute Gasteiger partial charge is 0.225 e. The van der Waals surface area contributed by atoms with Gasteiger partial charge in [-0.15, -0.1) is 0 Å². The molecule has 4 rings (SSSR count). The van der Waals surface area contributed by atoms with Crippen LogP contribution in [-0.2, 0) is 15.1 Å². The summed E-state index contributed by atoms with van der Waals surface area (Å²) < 4.78 is 11.6. The van der Waals surface area contributed by atoms with E-state index in [1.165, 1.54) is 0 Å². The molecule has 3 aromatic carbocycles. The number of ether oxygens (including phenoxy) is 2. The van der Waals surface area contributed by atoms with Gasteiger partial charge in [0.05, 0.1) is 13.5 Å². The summed E-state index contributed by atoms with van der Waals surface area (Å²) in [6.07, 6.45) is -0.160. The van der Waals surface area contributed by atoms with Gasteiger partial charge in [0.15, 0.2) is 6.23 Å². The second-order valence-electron chi connectivity index (χ2n) is 6.81. The number of amides is 1. The molecule has 0 aromatic heterocycles. The normalized spacial score (nSPS) is 22.8. The van der Waals surface area contributed by atoms with E-state index in [2.05, 4.69) is 11.4 Å². The number of carbonyl (C=O) groups excluding carboxylic acids is 1. The Morgan fingerprint density at radius 3 is 2.54 bits per heavy atom. The summed E-state index contributed by atoms with van der Waals surface area (Å²) in [7, 11) is 1.66. The van der Waals surface area contributed by atoms with Crippen molar-refractivity contribution in [2.75, 3.05) is 7.11 Å². The minimum Gasteiger partial charge on any atom is -0.497 e. The Morgan fingerprint density at radius 1 is 1.04 bits per heavy atom. The van der Waals surface area contributed by atoms with Gasteiger partial charge in [0.2, 0.25) is 5.91 Å². The molecule has 4 nitrogen and oxygen atoms in total. The second-order valence-corrected chi connectivity index (χ2v) is 6.81. The predicted octanol–water partition coefficient (Wildman–Crippen LogP) is 4.30. The molecule has 1 aliphatic rings. The van der Waals surface area contributed by atoms with E-state index in [9.17, 15) is 4.79 Å². The Kier molecular flexibility index (Phi) is 4.13. The molecule has 1 aliphatic heterocycles. The maximum Gasteiger partial charge on any atom is 0.225 e. The zero-order valence-electron chi connectivity index (χ0n) is 14.9. The Hall–Kier alpha value is -2.85. The molecule has 0 aliphatic carbocycles. The van der Waals surface area contributed by atoms with E-state index in [-0.39, 0.29) is 12.3 Å². The number of nitrogens with one attached hydrogen (secondary N) is 1. The van der Waals surface area contributed by atoms with Crippen molar-refractivity contribution in [2.45, 2.75) is 25.2 Å². The van der Waals surface area contributed by atoms with Crippen LogP contribution in [0.5, 0.6) is 5.75 Å². The van der Waals surface area contributed by atoms with Crippen LogP contribution < -0.4 is 10.1 Å². The van der Waals surface area contributed by atoms with Crippen LogP contribution in [0.15, 0.2) is 66.7 Å². The van der Waals surface area contributed by atoms with Crippen LogP contribution in [0.1, 0.15) is 30.7 Å². The summed E-state index contributed by atoms with van der Waals surface area (Å²) in [5, 5.41) is 5.12. The molecule has 4 heteroatoms. The van der Waals surface area contributed by atoms with E-state index in [0.29, 0.717) is 0 Å². The molecule has 1 amide bonds. The zero-order chi connectivity index (χ0) is 18.1. The molecule has 0 bridgehead atoms. The molecular weight excluding hydrogens is 326 g/mol. The van der Waals surface area contributed by atoms with Crippen LogP contribution in [0.25, 0.3) is 10.8 Å². The lowest BCUT2D eigenvalue weighted by Gasteiger charge is -2.39. The first-order chi connectivity index (χ1) is 12.6. The van der Waals surface area contributed by atoms with Gasteiger partial charge in [-0.1, -0.05) is 48.5 Å². The number of hydrogen-bond donors (Lipinski definition) is 1. The van der Waals surface area contributed by atoms with Crippen molar-refractivity contribution < 1.29 is 14.3 Å². The highest BCUT2D eigenvalue weighted by atomic mass is 16.5. The summed E-state index contributed by atoms with van der Waals surface area (Å²) >= 11 is 0. The monoisotopic (exact) mass is 347 g/mol. The maximum atomic E-state index is 12.4. The summed E-state index contributed by atoms with van der Waals surface area (Å²) in [6.45, 7) is 1.98. The quantitative estimate of drug-likeness (QED) is 0.768. The summed E-state index contributed by atoms with van der Waals surface area (Å²) in [5.41, 5.74) is 1.25. The van der Waals surface area contributed by atoms with E-state index in [4.69, 9.17) is 9.47 Å². The van der Waals surface area contributed by atoms with E-state index >= 15 is 0 Å². The molecule has 2 atom stereocenters. The second kappa shape index (κ2) is 6.46. The molecule has 1 fully saturated rings. The van der Waals surface area contributed by atoms with Crippen molar-refractivity contribution in [1.29, 1.82) is 0 Å². The van der Waals surface area contributed by atoms with E-state index < -0.39 is 11.8 Å². The fraction of sp³-hybridized carbons (Fsp3) is 0.227. The minimum absolute atomic E-state index is 0.0116. The van der Waals surface area contributed by atoms with Crippen molar-refractivity contribution in [3.8, 4) is 5.75 Å². The van der Waals surface area contributed by atoms with Crippen molar-refractivity contribution >= 4 is 16.7 Å². The van der Waals surface area contributed by atoms with Gasteiger partial charge < -0.3 is 14.8 Å². The molecule has 0 spiro atoms. The van der Waals surface area contributed by atoms with Crippen LogP contribution >= 0.6 is 0 Å². The number of carbonyl (C=O) groups is 1. The topological polar surface area (TPSA) is 47.6 Å². The molecule has 1 unspecified atom stereocenters. The van der Waals surface area contributed by atoms with Gasteiger partial charge in [0, 0.05) is 5.56 Å². The Labute approximate surface area is 152 Å². The highest BCUT2D eigenvalue weighted by Crippen LogP contribution is 2.38. The van der Waals surface area contributed by atoms with Crippen LogP contribution in [-0.4, -0.2) is 13.0 Å². The number of methoxy groups -OCH3 is 1. The van der Waals surface area contributed by atoms with Crippen molar-refractivity contribution in [2.24, 2.45) is 0 Å². The molecule has 1 N–H and O–H groups in total. The van der Waals surface area contributed by atoms with Gasteiger partial charge >= 0.3 is 0 Å². The zero-order valence-corrected chi connectivity index (χ0v) is 14.9. The molecule has 3 aromatic rings. The van der Waals surface area contributed by atoms with Gasteiger partial charge in [-0.3, -0.25) is 4.79 Å².